The summed E-state index contributed by atoms with van der Waals surface area (Å²) in [4.78, 5) is 44.0. The number of nitro benzene ring substituents is 2. The molecule has 0 saturated heterocycles. The van der Waals surface area contributed by atoms with E-state index >= 15 is 0 Å². The van der Waals surface area contributed by atoms with Crippen LogP contribution in [0, 0.1) is 20.2 Å². The molecule has 1 atom stereocenters. The van der Waals surface area contributed by atoms with Crippen LogP contribution in [-0.2, 0) is 32.3 Å². The van der Waals surface area contributed by atoms with Gasteiger partial charge in [0.15, 0.2) is 6.04 Å². The Morgan fingerprint density at radius 1 is 0.897 bits per heavy atom. The number of nitrogens with zero attached hydrogens (tertiary/aromatic N) is 2. The number of carbonyl (C=O) groups excluding carboxylic acids is 2. The van der Waals surface area contributed by atoms with E-state index in [9.17, 15) is 29.8 Å². The Morgan fingerprint density at radius 3 is 2.00 bits per heavy atom. The van der Waals surface area contributed by atoms with Gasteiger partial charge in [0.05, 0.1) is 15.9 Å². The number of nitro groups is 2. The average molecular weight is 404 g/mol. The fourth-order valence-electron chi connectivity index (χ4n) is 2.30. The van der Waals surface area contributed by atoms with Gasteiger partial charge in [-0.05, 0) is 5.56 Å². The van der Waals surface area contributed by atoms with Crippen molar-refractivity contribution in [1.29, 1.82) is 0 Å². The predicted molar refractivity (Wildman–Crippen MR) is 97.1 cm³/mol. The Kier molecular flexibility index (Phi) is 7.32. The molecule has 0 bridgehead atoms. The second-order valence-electron chi connectivity index (χ2n) is 6.03. The number of non-ortho nitro benzene ring substituents is 2. The van der Waals surface area contributed by atoms with Crippen LogP contribution in [0.15, 0.2) is 48.5 Å². The first-order valence-corrected chi connectivity index (χ1v) is 8.38. The minimum Gasteiger partial charge on any atom is -0.461 e. The molecule has 2 rings (SSSR count). The van der Waals surface area contributed by atoms with Gasteiger partial charge in [0.25, 0.3) is 11.4 Å². The summed E-state index contributed by atoms with van der Waals surface area (Å²) in [5, 5.41) is 21.7. The van der Waals surface area contributed by atoms with Gasteiger partial charge >= 0.3 is 11.9 Å². The summed E-state index contributed by atoms with van der Waals surface area (Å²) in [5.41, 5.74) is 3.40. The highest BCUT2D eigenvalue weighted by Gasteiger charge is 2.24. The highest BCUT2D eigenvalue weighted by molar-refractivity contribution is 5.81. The van der Waals surface area contributed by atoms with E-state index in [1.165, 1.54) is 0 Å². The average Bonchev–Trinajstić information content (AvgIpc) is 2.70. The lowest BCUT2D eigenvalue weighted by Crippen LogP contribution is -2.66. The van der Waals surface area contributed by atoms with Crippen molar-refractivity contribution >= 4 is 23.3 Å². The maximum Gasteiger partial charge on any atom is 0.365 e. The zero-order valence-corrected chi connectivity index (χ0v) is 15.2. The standard InChI is InChI=1S/C18H17N3O8/c19-16(9-17(22)28-10-12-4-2-1-3-5-12)18(23)29-11-13-6-14(20(24)25)8-15(7-13)21(26)27/h1-8,16H,9-11,19H2/p+1/t16-/m0/s1. The first-order valence-electron chi connectivity index (χ1n) is 8.38. The lowest BCUT2D eigenvalue weighted by molar-refractivity contribution is -0.408. The molecule has 29 heavy (non-hydrogen) atoms. The molecule has 0 spiro atoms. The molecule has 0 heterocycles. The van der Waals surface area contributed by atoms with Crippen LogP contribution in [0.3, 0.4) is 0 Å². The summed E-state index contributed by atoms with van der Waals surface area (Å²) < 4.78 is 10.0. The highest BCUT2D eigenvalue weighted by Crippen LogP contribution is 2.23. The largest absolute Gasteiger partial charge is 0.461 e. The van der Waals surface area contributed by atoms with Crippen LogP contribution in [0.4, 0.5) is 11.4 Å². The Balaban J connectivity index is 1.88. The maximum absolute atomic E-state index is 12.0. The molecule has 152 valence electrons. The smallest absolute Gasteiger partial charge is 0.365 e. The van der Waals surface area contributed by atoms with Gasteiger partial charge in [-0.3, -0.25) is 25.0 Å². The maximum atomic E-state index is 12.0. The number of esters is 2. The summed E-state index contributed by atoms with van der Waals surface area (Å²) in [5.74, 6) is -1.48. The fourth-order valence-corrected chi connectivity index (χ4v) is 2.30. The van der Waals surface area contributed by atoms with Crippen LogP contribution >= 0.6 is 0 Å². The van der Waals surface area contributed by atoms with Crippen molar-refractivity contribution in [2.24, 2.45) is 0 Å². The summed E-state index contributed by atoms with van der Waals surface area (Å²) in [6, 6.07) is 10.8. The number of hydrogen-bond acceptors (Lipinski definition) is 8. The van der Waals surface area contributed by atoms with Crippen molar-refractivity contribution in [3.8, 4) is 0 Å². The van der Waals surface area contributed by atoms with Gasteiger partial charge in [-0.1, -0.05) is 30.3 Å². The van der Waals surface area contributed by atoms with Crippen LogP contribution in [0.2, 0.25) is 0 Å². The number of ether oxygens (including phenoxy) is 2. The van der Waals surface area contributed by atoms with Gasteiger partial charge < -0.3 is 15.2 Å². The Bertz CT molecular complexity index is 884. The molecule has 0 saturated carbocycles. The lowest BCUT2D eigenvalue weighted by Gasteiger charge is -2.09. The minimum absolute atomic E-state index is 0.0544. The fraction of sp³-hybridized carbons (Fsp3) is 0.222. The first-order chi connectivity index (χ1) is 13.8. The lowest BCUT2D eigenvalue weighted by atomic mass is 10.2. The molecule has 2 aromatic rings. The molecular formula is C18H18N3O8+. The third kappa shape index (κ3) is 6.66. The topological polar surface area (TPSA) is 167 Å². The Labute approximate surface area is 164 Å². The van der Waals surface area contributed by atoms with Crippen molar-refractivity contribution < 1.29 is 34.6 Å². The summed E-state index contributed by atoms with van der Waals surface area (Å²) in [6.07, 6.45) is -0.319. The molecule has 0 aliphatic carbocycles. The van der Waals surface area contributed by atoms with Crippen LogP contribution in [-0.4, -0.2) is 27.8 Å². The van der Waals surface area contributed by atoms with Gasteiger partial charge in [-0.15, -0.1) is 0 Å². The van der Waals surface area contributed by atoms with E-state index in [4.69, 9.17) is 9.47 Å². The molecule has 11 heteroatoms. The van der Waals surface area contributed by atoms with E-state index in [1.807, 2.05) is 6.07 Å². The monoisotopic (exact) mass is 404 g/mol. The van der Waals surface area contributed by atoms with E-state index in [2.05, 4.69) is 5.73 Å². The zero-order chi connectivity index (χ0) is 21.4. The number of rotatable bonds is 9. The van der Waals surface area contributed by atoms with E-state index in [-0.39, 0.29) is 18.6 Å². The SMILES string of the molecule is [NH3+][C@@H](CC(=O)OCc1ccccc1)C(=O)OCc1cc([N+](=O)[O-])cc([N+](=O)[O-])c1. The van der Waals surface area contributed by atoms with Crippen LogP contribution in [0.1, 0.15) is 17.5 Å². The minimum atomic E-state index is -1.06. The third-order valence-corrected chi connectivity index (χ3v) is 3.75. The van der Waals surface area contributed by atoms with Gasteiger partial charge in [-0.2, -0.15) is 0 Å². The second-order valence-corrected chi connectivity index (χ2v) is 6.03. The number of benzene rings is 2. The molecule has 0 aliphatic heterocycles. The van der Waals surface area contributed by atoms with Gasteiger partial charge in [-0.25, -0.2) is 4.79 Å². The van der Waals surface area contributed by atoms with Crippen LogP contribution in [0.5, 0.6) is 0 Å². The van der Waals surface area contributed by atoms with E-state index < -0.39 is 45.8 Å². The molecular weight excluding hydrogens is 386 g/mol. The van der Waals surface area contributed by atoms with Crippen LogP contribution in [0.25, 0.3) is 0 Å². The second kappa shape index (κ2) is 9.90. The normalized spacial score (nSPS) is 11.3. The van der Waals surface area contributed by atoms with E-state index in [0.29, 0.717) is 0 Å². The highest BCUT2D eigenvalue weighted by atomic mass is 16.6. The number of hydrogen-bond donors (Lipinski definition) is 1. The molecule has 0 unspecified atom stereocenters. The van der Waals surface area contributed by atoms with Crippen molar-refractivity contribution in [2.45, 2.75) is 25.7 Å². The Hall–Kier alpha value is -3.86. The molecule has 2 aromatic carbocycles. The third-order valence-electron chi connectivity index (χ3n) is 3.75. The van der Waals surface area contributed by atoms with Crippen LogP contribution < -0.4 is 5.73 Å². The molecule has 0 aliphatic rings. The van der Waals surface area contributed by atoms with Gasteiger partial charge in [0.1, 0.15) is 19.6 Å². The number of carbonyl (C=O) groups is 2. The molecule has 11 nitrogen and oxygen atoms in total. The van der Waals surface area contributed by atoms with Crippen molar-refractivity contribution in [3.05, 3.63) is 79.9 Å². The molecule has 0 aromatic heterocycles. The molecule has 0 amide bonds. The van der Waals surface area contributed by atoms with Crippen molar-refractivity contribution in [1.82, 2.24) is 0 Å². The summed E-state index contributed by atoms with van der Waals surface area (Å²) in [6.45, 7) is -0.384. The Morgan fingerprint density at radius 2 is 1.45 bits per heavy atom. The molecule has 0 radical (unpaired) electrons. The number of quaternary nitrogens is 1. The molecule has 3 N–H and O–H groups in total. The van der Waals surface area contributed by atoms with Crippen molar-refractivity contribution in [2.75, 3.05) is 0 Å². The van der Waals surface area contributed by atoms with E-state index in [0.717, 1.165) is 23.8 Å². The predicted octanol–water partition coefficient (Wildman–Crippen LogP) is 1.29. The summed E-state index contributed by atoms with van der Waals surface area (Å²) in [7, 11) is 0. The first kappa shape index (κ1) is 21.4. The quantitative estimate of drug-likeness (QED) is 0.370. The zero-order valence-electron chi connectivity index (χ0n) is 15.2. The van der Waals surface area contributed by atoms with E-state index in [1.54, 1.807) is 24.3 Å². The van der Waals surface area contributed by atoms with Gasteiger partial charge in [0, 0.05) is 17.7 Å². The van der Waals surface area contributed by atoms with Crippen molar-refractivity contribution in [3.63, 3.8) is 0 Å². The molecule has 0 fully saturated rings. The summed E-state index contributed by atoms with van der Waals surface area (Å²) >= 11 is 0. The van der Waals surface area contributed by atoms with Gasteiger partial charge in [0.2, 0.25) is 0 Å².